The van der Waals surface area contributed by atoms with E-state index >= 15 is 0 Å². The molecule has 1 rings (SSSR count). The van der Waals surface area contributed by atoms with Crippen LogP contribution in [0.25, 0.3) is 0 Å². The van der Waals surface area contributed by atoms with Gasteiger partial charge < -0.3 is 10.5 Å². The van der Waals surface area contributed by atoms with Crippen LogP contribution in [0.15, 0.2) is 18.2 Å². The number of nitrogens with two attached hydrogens (primary N) is 1. The summed E-state index contributed by atoms with van der Waals surface area (Å²) in [4.78, 5) is 2.38. The summed E-state index contributed by atoms with van der Waals surface area (Å²) in [6.07, 6.45) is 0.912. The molecule has 0 amide bonds. The monoisotopic (exact) mass is 250 g/mol. The summed E-state index contributed by atoms with van der Waals surface area (Å²) >= 11 is 0. The molecule has 18 heavy (non-hydrogen) atoms. The van der Waals surface area contributed by atoms with Gasteiger partial charge in [-0.15, -0.1) is 0 Å². The molecule has 0 bridgehead atoms. The molecule has 0 aliphatic rings. The van der Waals surface area contributed by atoms with Crippen molar-refractivity contribution < 1.29 is 4.74 Å². The summed E-state index contributed by atoms with van der Waals surface area (Å²) < 4.78 is 5.44. The highest BCUT2D eigenvalue weighted by atomic mass is 16.5. The van der Waals surface area contributed by atoms with Crippen LogP contribution in [0.2, 0.25) is 0 Å². The summed E-state index contributed by atoms with van der Waals surface area (Å²) in [7, 11) is 1.73. The van der Waals surface area contributed by atoms with E-state index in [0.29, 0.717) is 0 Å². The summed E-state index contributed by atoms with van der Waals surface area (Å²) in [5, 5.41) is 0. The van der Waals surface area contributed by atoms with E-state index in [1.54, 1.807) is 7.11 Å². The van der Waals surface area contributed by atoms with E-state index in [1.807, 2.05) is 6.92 Å². The lowest BCUT2D eigenvalue weighted by Gasteiger charge is -2.20. The Labute approximate surface area is 111 Å². The fourth-order valence-electron chi connectivity index (χ4n) is 2.14. The van der Waals surface area contributed by atoms with Gasteiger partial charge in [0.1, 0.15) is 5.75 Å². The van der Waals surface area contributed by atoms with Crippen molar-refractivity contribution in [1.82, 2.24) is 4.90 Å². The van der Waals surface area contributed by atoms with Crippen molar-refractivity contribution >= 4 is 0 Å². The molecule has 0 aliphatic heterocycles. The maximum Gasteiger partial charge on any atom is 0.123 e. The lowest BCUT2D eigenvalue weighted by molar-refractivity contribution is 0.289. The Morgan fingerprint density at radius 3 is 2.44 bits per heavy atom. The largest absolute Gasteiger partial charge is 0.496 e. The maximum absolute atomic E-state index is 5.86. The molecule has 0 spiro atoms. The SMILES string of the molecule is CCN(CC)Cc1cc(CC(C)N)ccc1OC. The molecular formula is C15H26N2O. The van der Waals surface area contributed by atoms with Gasteiger partial charge in [0.05, 0.1) is 7.11 Å². The molecule has 0 heterocycles. The van der Waals surface area contributed by atoms with Gasteiger partial charge in [0.2, 0.25) is 0 Å². The Hall–Kier alpha value is -1.06. The third-order valence-electron chi connectivity index (χ3n) is 3.19. The molecule has 3 nitrogen and oxygen atoms in total. The van der Waals surface area contributed by atoms with Crippen LogP contribution >= 0.6 is 0 Å². The zero-order chi connectivity index (χ0) is 13.5. The van der Waals surface area contributed by atoms with Gasteiger partial charge in [-0.25, -0.2) is 0 Å². The van der Waals surface area contributed by atoms with Crippen LogP contribution in [-0.2, 0) is 13.0 Å². The molecule has 0 radical (unpaired) electrons. The van der Waals surface area contributed by atoms with E-state index in [1.165, 1.54) is 11.1 Å². The van der Waals surface area contributed by atoms with Crippen molar-refractivity contribution in [2.75, 3.05) is 20.2 Å². The van der Waals surface area contributed by atoms with E-state index in [9.17, 15) is 0 Å². The smallest absolute Gasteiger partial charge is 0.123 e. The minimum absolute atomic E-state index is 0.194. The Morgan fingerprint density at radius 2 is 1.94 bits per heavy atom. The van der Waals surface area contributed by atoms with E-state index in [-0.39, 0.29) is 6.04 Å². The van der Waals surface area contributed by atoms with Crippen LogP contribution in [0.1, 0.15) is 31.9 Å². The van der Waals surface area contributed by atoms with E-state index in [4.69, 9.17) is 10.5 Å². The zero-order valence-corrected chi connectivity index (χ0v) is 12.1. The molecule has 0 aromatic heterocycles. The molecule has 0 saturated heterocycles. The summed E-state index contributed by atoms with van der Waals surface area (Å²) in [6, 6.07) is 6.57. The van der Waals surface area contributed by atoms with E-state index < -0.39 is 0 Å². The van der Waals surface area contributed by atoms with Crippen molar-refractivity contribution in [2.45, 2.75) is 39.8 Å². The first-order valence-corrected chi connectivity index (χ1v) is 6.74. The molecule has 3 heteroatoms. The number of nitrogens with zero attached hydrogens (tertiary/aromatic N) is 1. The van der Waals surface area contributed by atoms with E-state index in [0.717, 1.165) is 31.8 Å². The predicted molar refractivity (Wildman–Crippen MR) is 77.0 cm³/mol. The quantitative estimate of drug-likeness (QED) is 0.807. The van der Waals surface area contributed by atoms with Crippen molar-refractivity contribution in [3.63, 3.8) is 0 Å². The van der Waals surface area contributed by atoms with Crippen molar-refractivity contribution in [3.8, 4) is 5.75 Å². The number of methoxy groups -OCH3 is 1. The highest BCUT2D eigenvalue weighted by Gasteiger charge is 2.09. The first-order chi connectivity index (χ1) is 8.60. The number of rotatable bonds is 7. The van der Waals surface area contributed by atoms with Crippen molar-refractivity contribution in [3.05, 3.63) is 29.3 Å². The molecule has 1 aromatic carbocycles. The van der Waals surface area contributed by atoms with Gasteiger partial charge in [-0.1, -0.05) is 26.0 Å². The molecule has 2 N–H and O–H groups in total. The van der Waals surface area contributed by atoms with Gasteiger partial charge >= 0.3 is 0 Å². The van der Waals surface area contributed by atoms with E-state index in [2.05, 4.69) is 36.9 Å². The number of ether oxygens (including phenoxy) is 1. The first kappa shape index (κ1) is 15.0. The third-order valence-corrected chi connectivity index (χ3v) is 3.19. The molecule has 0 aliphatic carbocycles. The second-order valence-electron chi connectivity index (χ2n) is 4.79. The zero-order valence-electron chi connectivity index (χ0n) is 12.1. The van der Waals surface area contributed by atoms with Crippen LogP contribution in [0.4, 0.5) is 0 Å². The lowest BCUT2D eigenvalue weighted by Crippen LogP contribution is -2.23. The third kappa shape index (κ3) is 4.31. The maximum atomic E-state index is 5.86. The van der Waals surface area contributed by atoms with Crippen LogP contribution in [0.3, 0.4) is 0 Å². The average molecular weight is 250 g/mol. The van der Waals surface area contributed by atoms with Crippen molar-refractivity contribution in [2.24, 2.45) is 5.73 Å². The standard InChI is InChI=1S/C15H26N2O/c1-5-17(6-2)11-14-10-13(9-12(3)16)7-8-15(14)18-4/h7-8,10,12H,5-6,9,11,16H2,1-4H3. The Morgan fingerprint density at radius 1 is 1.28 bits per heavy atom. The average Bonchev–Trinajstić information content (AvgIpc) is 2.35. The number of benzene rings is 1. The molecule has 1 atom stereocenters. The minimum Gasteiger partial charge on any atom is -0.496 e. The molecule has 0 saturated carbocycles. The fraction of sp³-hybridized carbons (Fsp3) is 0.600. The first-order valence-electron chi connectivity index (χ1n) is 6.74. The van der Waals surface area contributed by atoms with Gasteiger partial charge in [-0.2, -0.15) is 0 Å². The van der Waals surface area contributed by atoms with Gasteiger partial charge in [-0.3, -0.25) is 4.90 Å². The highest BCUT2D eigenvalue weighted by molar-refractivity contribution is 5.37. The molecule has 102 valence electrons. The predicted octanol–water partition coefficient (Wildman–Crippen LogP) is 2.43. The van der Waals surface area contributed by atoms with Crippen molar-refractivity contribution in [1.29, 1.82) is 0 Å². The molecule has 1 unspecified atom stereocenters. The Kier molecular flexibility index (Phi) is 6.16. The van der Waals surface area contributed by atoms with Gasteiger partial charge in [0.15, 0.2) is 0 Å². The Bertz CT molecular complexity index is 360. The highest BCUT2D eigenvalue weighted by Crippen LogP contribution is 2.22. The summed E-state index contributed by atoms with van der Waals surface area (Å²) in [6.45, 7) is 9.44. The normalized spacial score (nSPS) is 12.8. The second kappa shape index (κ2) is 7.39. The van der Waals surface area contributed by atoms with Crippen LogP contribution in [0, 0.1) is 0 Å². The van der Waals surface area contributed by atoms with Gasteiger partial charge in [0, 0.05) is 18.2 Å². The van der Waals surface area contributed by atoms with Crippen LogP contribution in [0.5, 0.6) is 5.75 Å². The summed E-state index contributed by atoms with van der Waals surface area (Å²) in [5.41, 5.74) is 8.39. The fourth-order valence-corrected chi connectivity index (χ4v) is 2.14. The van der Waals surface area contributed by atoms with Gasteiger partial charge in [0.25, 0.3) is 0 Å². The van der Waals surface area contributed by atoms with Crippen LogP contribution < -0.4 is 10.5 Å². The molecular weight excluding hydrogens is 224 g/mol. The minimum atomic E-state index is 0.194. The Balaban J connectivity index is 2.90. The molecule has 1 aromatic rings. The van der Waals surface area contributed by atoms with Crippen LogP contribution in [-0.4, -0.2) is 31.1 Å². The lowest BCUT2D eigenvalue weighted by atomic mass is 10.0. The number of hydrogen-bond donors (Lipinski definition) is 1. The van der Waals surface area contributed by atoms with Gasteiger partial charge in [-0.05, 0) is 38.1 Å². The number of hydrogen-bond acceptors (Lipinski definition) is 3. The second-order valence-corrected chi connectivity index (χ2v) is 4.79. The molecule has 0 fully saturated rings. The summed E-state index contributed by atoms with van der Waals surface area (Å²) in [5.74, 6) is 0.968. The topological polar surface area (TPSA) is 38.5 Å².